The third-order valence-electron chi connectivity index (χ3n) is 5.20. The van der Waals surface area contributed by atoms with Crippen LogP contribution in [0.2, 0.25) is 0 Å². The van der Waals surface area contributed by atoms with Crippen LogP contribution < -0.4 is 10.1 Å². The van der Waals surface area contributed by atoms with Crippen LogP contribution in [0.25, 0.3) is 22.6 Å². The van der Waals surface area contributed by atoms with E-state index in [0.717, 1.165) is 34.7 Å². The Hall–Kier alpha value is -3.59. The number of nitrogens with one attached hydrogen (secondary N) is 1. The van der Waals surface area contributed by atoms with E-state index in [2.05, 4.69) is 27.5 Å². The first-order valence-electron chi connectivity index (χ1n) is 10.6. The van der Waals surface area contributed by atoms with E-state index in [9.17, 15) is 4.79 Å². The minimum Gasteiger partial charge on any atom is -0.497 e. The quantitative estimate of drug-likeness (QED) is 0.395. The zero-order valence-corrected chi connectivity index (χ0v) is 19.9. The average molecular weight is 463 g/mol. The van der Waals surface area contributed by atoms with Crippen LogP contribution in [0.5, 0.6) is 5.75 Å². The largest absolute Gasteiger partial charge is 0.497 e. The first-order valence-corrected chi connectivity index (χ1v) is 11.6. The van der Waals surface area contributed by atoms with Crippen molar-refractivity contribution in [3.63, 3.8) is 0 Å². The molecule has 0 atom stereocenters. The summed E-state index contributed by atoms with van der Waals surface area (Å²) in [6.45, 7) is 2.09. The van der Waals surface area contributed by atoms with Crippen LogP contribution in [0.3, 0.4) is 0 Å². The second-order valence-corrected chi connectivity index (χ2v) is 8.50. The monoisotopic (exact) mass is 462 g/mol. The van der Waals surface area contributed by atoms with Crippen LogP contribution in [-0.2, 0) is 25.3 Å². The highest BCUT2D eigenvalue weighted by atomic mass is 32.2. The van der Waals surface area contributed by atoms with Crippen LogP contribution in [-0.4, -0.2) is 43.3 Å². The molecule has 0 aliphatic rings. The fourth-order valence-corrected chi connectivity index (χ4v) is 4.22. The van der Waals surface area contributed by atoms with E-state index in [4.69, 9.17) is 4.74 Å². The maximum atomic E-state index is 12.5. The number of amides is 1. The zero-order valence-electron chi connectivity index (χ0n) is 19.1. The fourth-order valence-electron chi connectivity index (χ4n) is 3.51. The first-order chi connectivity index (χ1) is 16.0. The molecule has 8 nitrogen and oxygen atoms in total. The third kappa shape index (κ3) is 5.09. The molecule has 0 aliphatic carbocycles. The van der Waals surface area contributed by atoms with Gasteiger partial charge >= 0.3 is 0 Å². The minimum absolute atomic E-state index is 0.0868. The number of ether oxygens (including phenoxy) is 1. The number of anilines is 1. The van der Waals surface area contributed by atoms with Gasteiger partial charge in [-0.3, -0.25) is 9.48 Å². The van der Waals surface area contributed by atoms with Crippen LogP contribution in [0.4, 0.5) is 5.69 Å². The Morgan fingerprint density at radius 1 is 1.12 bits per heavy atom. The number of thioether (sulfide) groups is 1. The van der Waals surface area contributed by atoms with E-state index >= 15 is 0 Å². The molecule has 0 radical (unpaired) electrons. The molecule has 0 aliphatic heterocycles. The Morgan fingerprint density at radius 3 is 2.73 bits per heavy atom. The zero-order chi connectivity index (χ0) is 23.4. The molecular weight excluding hydrogens is 436 g/mol. The number of hydrogen-bond acceptors (Lipinski definition) is 6. The van der Waals surface area contributed by atoms with Gasteiger partial charge in [0.05, 0.1) is 18.4 Å². The second-order valence-electron chi connectivity index (χ2n) is 7.55. The van der Waals surface area contributed by atoms with Crippen molar-refractivity contribution in [1.29, 1.82) is 0 Å². The Morgan fingerprint density at radius 2 is 1.94 bits per heavy atom. The van der Waals surface area contributed by atoms with Crippen molar-refractivity contribution < 1.29 is 9.53 Å². The predicted octanol–water partition coefficient (Wildman–Crippen LogP) is 4.18. The SMILES string of the molecule is CCc1cccc(NC(=O)CSc2nnc(-c3cn(C)nc3-c3cccc(OC)c3)n2C)c1. The number of hydrogen-bond donors (Lipinski definition) is 1. The molecular formula is C24H26N6O2S. The molecule has 0 bridgehead atoms. The Balaban J connectivity index is 1.51. The summed E-state index contributed by atoms with van der Waals surface area (Å²) in [5.41, 5.74) is 4.56. The van der Waals surface area contributed by atoms with Gasteiger partial charge in [-0.1, -0.05) is 43.0 Å². The number of methoxy groups -OCH3 is 1. The van der Waals surface area contributed by atoms with Gasteiger partial charge in [0.2, 0.25) is 5.91 Å². The highest BCUT2D eigenvalue weighted by Gasteiger charge is 2.20. The standard InChI is InChI=1S/C24H26N6O2S/c1-5-16-8-6-10-18(12-16)25-21(31)15-33-24-27-26-23(30(24)3)20-14-29(2)28-22(20)17-9-7-11-19(13-17)32-4/h6-14H,5,15H2,1-4H3,(H,25,31). The Bertz CT molecular complexity index is 1280. The van der Waals surface area contributed by atoms with E-state index in [0.29, 0.717) is 11.0 Å². The summed E-state index contributed by atoms with van der Waals surface area (Å²) in [4.78, 5) is 12.5. The van der Waals surface area contributed by atoms with E-state index in [1.165, 1.54) is 17.3 Å². The van der Waals surface area contributed by atoms with Crippen molar-refractivity contribution in [3.05, 3.63) is 60.3 Å². The maximum Gasteiger partial charge on any atom is 0.234 e. The second kappa shape index (κ2) is 9.91. The van der Waals surface area contributed by atoms with Crippen molar-refractivity contribution in [2.45, 2.75) is 18.5 Å². The molecule has 4 rings (SSSR count). The number of benzene rings is 2. The third-order valence-corrected chi connectivity index (χ3v) is 6.22. The lowest BCUT2D eigenvalue weighted by Crippen LogP contribution is -2.14. The van der Waals surface area contributed by atoms with Crippen LogP contribution in [0.1, 0.15) is 12.5 Å². The van der Waals surface area contributed by atoms with Crippen LogP contribution in [0, 0.1) is 0 Å². The van der Waals surface area contributed by atoms with Crippen LogP contribution in [0.15, 0.2) is 59.9 Å². The Kier molecular flexibility index (Phi) is 6.79. The van der Waals surface area contributed by atoms with Gasteiger partial charge in [0, 0.05) is 31.5 Å². The molecule has 33 heavy (non-hydrogen) atoms. The highest BCUT2D eigenvalue weighted by Crippen LogP contribution is 2.32. The number of carbonyl (C=O) groups is 1. The van der Waals surface area contributed by atoms with Gasteiger partial charge in [-0.2, -0.15) is 5.10 Å². The van der Waals surface area contributed by atoms with Crippen molar-refractivity contribution in [1.82, 2.24) is 24.5 Å². The number of aryl methyl sites for hydroxylation is 2. The van der Waals surface area contributed by atoms with Crippen molar-refractivity contribution in [2.75, 3.05) is 18.2 Å². The lowest BCUT2D eigenvalue weighted by atomic mass is 10.1. The number of aromatic nitrogens is 5. The van der Waals surface area contributed by atoms with E-state index in [1.54, 1.807) is 11.8 Å². The molecule has 0 unspecified atom stereocenters. The summed E-state index contributed by atoms with van der Waals surface area (Å²) in [5.74, 6) is 1.59. The lowest BCUT2D eigenvalue weighted by Gasteiger charge is -2.07. The summed E-state index contributed by atoms with van der Waals surface area (Å²) < 4.78 is 9.00. The molecule has 2 aromatic heterocycles. The molecule has 0 spiro atoms. The normalized spacial score (nSPS) is 10.9. The maximum absolute atomic E-state index is 12.5. The van der Waals surface area contributed by atoms with E-state index < -0.39 is 0 Å². The van der Waals surface area contributed by atoms with Gasteiger partial charge in [0.1, 0.15) is 11.4 Å². The smallest absolute Gasteiger partial charge is 0.234 e. The van der Waals surface area contributed by atoms with Crippen molar-refractivity contribution >= 4 is 23.4 Å². The van der Waals surface area contributed by atoms with Gasteiger partial charge in [0.15, 0.2) is 11.0 Å². The van der Waals surface area contributed by atoms with Gasteiger partial charge in [0.25, 0.3) is 0 Å². The molecule has 1 amide bonds. The molecule has 0 saturated heterocycles. The summed E-state index contributed by atoms with van der Waals surface area (Å²) >= 11 is 1.34. The van der Waals surface area contributed by atoms with Gasteiger partial charge < -0.3 is 14.6 Å². The summed E-state index contributed by atoms with van der Waals surface area (Å²) in [6, 6.07) is 15.6. The van der Waals surface area contributed by atoms with Gasteiger partial charge in [-0.15, -0.1) is 10.2 Å². The molecule has 2 aromatic carbocycles. The molecule has 2 heterocycles. The van der Waals surface area contributed by atoms with Crippen molar-refractivity contribution in [2.24, 2.45) is 14.1 Å². The molecule has 1 N–H and O–H groups in total. The lowest BCUT2D eigenvalue weighted by molar-refractivity contribution is -0.113. The molecule has 4 aromatic rings. The average Bonchev–Trinajstić information content (AvgIpc) is 3.39. The van der Waals surface area contributed by atoms with Crippen LogP contribution >= 0.6 is 11.8 Å². The van der Waals surface area contributed by atoms with Gasteiger partial charge in [-0.25, -0.2) is 0 Å². The summed E-state index contributed by atoms with van der Waals surface area (Å²) in [5, 5.41) is 16.9. The van der Waals surface area contributed by atoms with Gasteiger partial charge in [-0.05, 0) is 36.2 Å². The number of rotatable bonds is 8. The predicted molar refractivity (Wildman–Crippen MR) is 130 cm³/mol. The molecule has 0 saturated carbocycles. The number of nitrogens with zero attached hydrogens (tertiary/aromatic N) is 5. The number of carbonyl (C=O) groups excluding carboxylic acids is 1. The topological polar surface area (TPSA) is 86.9 Å². The molecule has 170 valence electrons. The highest BCUT2D eigenvalue weighted by molar-refractivity contribution is 7.99. The first kappa shape index (κ1) is 22.6. The summed E-state index contributed by atoms with van der Waals surface area (Å²) in [6.07, 6.45) is 2.84. The minimum atomic E-state index is -0.0868. The Labute approximate surface area is 197 Å². The molecule has 9 heteroatoms. The van der Waals surface area contributed by atoms with E-state index in [1.807, 2.05) is 73.4 Å². The van der Waals surface area contributed by atoms with Crippen molar-refractivity contribution in [3.8, 4) is 28.4 Å². The summed E-state index contributed by atoms with van der Waals surface area (Å²) in [7, 11) is 5.40. The fraction of sp³-hybridized carbons (Fsp3) is 0.250. The van der Waals surface area contributed by atoms with E-state index in [-0.39, 0.29) is 11.7 Å². The molecule has 0 fully saturated rings.